The van der Waals surface area contributed by atoms with E-state index in [-0.39, 0.29) is 41.1 Å². The highest BCUT2D eigenvalue weighted by atomic mass is 16.5. The Bertz CT molecular complexity index is 1780. The molecule has 2 amide bonds. The molecular formula is C37H48N8O4. The Labute approximate surface area is 288 Å². The van der Waals surface area contributed by atoms with Crippen LogP contribution in [0.1, 0.15) is 118 Å². The van der Waals surface area contributed by atoms with E-state index < -0.39 is 0 Å². The molecule has 12 nitrogen and oxygen atoms in total. The summed E-state index contributed by atoms with van der Waals surface area (Å²) in [6.45, 7) is 14.4. The van der Waals surface area contributed by atoms with Gasteiger partial charge in [-0.25, -0.2) is 14.8 Å². The molecule has 260 valence electrons. The van der Waals surface area contributed by atoms with Gasteiger partial charge in [-0.05, 0) is 55.5 Å². The van der Waals surface area contributed by atoms with Crippen molar-refractivity contribution >= 4 is 23.3 Å². The minimum atomic E-state index is -0.390. The molecule has 3 atom stereocenters. The topological polar surface area (TPSA) is 136 Å². The Morgan fingerprint density at radius 3 is 2.57 bits per heavy atom. The van der Waals surface area contributed by atoms with Crippen LogP contribution in [0.2, 0.25) is 0 Å². The van der Waals surface area contributed by atoms with Crippen LogP contribution in [0.4, 0.5) is 10.6 Å². The summed E-state index contributed by atoms with van der Waals surface area (Å²) < 4.78 is 14.0. The van der Waals surface area contributed by atoms with Gasteiger partial charge in [0.15, 0.2) is 17.3 Å². The third-order valence-corrected chi connectivity index (χ3v) is 9.44. The fourth-order valence-electron chi connectivity index (χ4n) is 6.40. The highest BCUT2D eigenvalue weighted by Crippen LogP contribution is 2.39. The molecule has 6 rings (SSSR count). The molecule has 0 unspecified atom stereocenters. The molecule has 12 heteroatoms. The Balaban J connectivity index is 1.13. The van der Waals surface area contributed by atoms with E-state index in [1.807, 2.05) is 61.7 Å². The number of rotatable bonds is 11. The second-order valence-electron chi connectivity index (χ2n) is 14.1. The Hall–Kier alpha value is -4.42. The van der Waals surface area contributed by atoms with Crippen molar-refractivity contribution in [2.24, 2.45) is 0 Å². The Morgan fingerprint density at radius 2 is 1.82 bits per heavy atom. The van der Waals surface area contributed by atoms with Gasteiger partial charge in [0.2, 0.25) is 0 Å². The summed E-state index contributed by atoms with van der Waals surface area (Å²) in [5.41, 5.74) is 3.18. The van der Waals surface area contributed by atoms with Gasteiger partial charge in [0.05, 0.1) is 31.1 Å². The summed E-state index contributed by atoms with van der Waals surface area (Å²) in [6.07, 6.45) is 5.21. The van der Waals surface area contributed by atoms with Crippen LogP contribution in [-0.4, -0.2) is 74.1 Å². The van der Waals surface area contributed by atoms with Crippen LogP contribution in [0.15, 0.2) is 48.7 Å². The lowest BCUT2D eigenvalue weighted by Crippen LogP contribution is -2.37. The van der Waals surface area contributed by atoms with Crippen LogP contribution in [-0.2, 0) is 10.2 Å². The van der Waals surface area contributed by atoms with E-state index in [0.29, 0.717) is 37.2 Å². The maximum atomic E-state index is 13.4. The number of anilines is 1. The third kappa shape index (κ3) is 8.25. The Morgan fingerprint density at radius 1 is 1.04 bits per heavy atom. The smallest absolute Gasteiger partial charge is 0.320 e. The van der Waals surface area contributed by atoms with E-state index in [9.17, 15) is 9.59 Å². The molecule has 0 bridgehead atoms. The number of urea groups is 1. The molecule has 1 aliphatic heterocycles. The van der Waals surface area contributed by atoms with Crippen molar-refractivity contribution < 1.29 is 19.1 Å². The van der Waals surface area contributed by atoms with E-state index in [4.69, 9.17) is 9.47 Å². The van der Waals surface area contributed by atoms with Gasteiger partial charge in [0.25, 0.3) is 0 Å². The zero-order valence-electron chi connectivity index (χ0n) is 29.2. The fourth-order valence-corrected chi connectivity index (χ4v) is 6.40. The number of hydrogen-bond donors (Lipinski definition) is 2. The van der Waals surface area contributed by atoms with Crippen LogP contribution in [0.5, 0.6) is 5.75 Å². The number of carbonyl (C=O) groups is 2. The molecule has 1 saturated heterocycles. The quantitative estimate of drug-likeness (QED) is 0.174. The van der Waals surface area contributed by atoms with Gasteiger partial charge >= 0.3 is 6.03 Å². The maximum absolute atomic E-state index is 13.4. The summed E-state index contributed by atoms with van der Waals surface area (Å²) in [5.74, 6) is 2.24. The lowest BCUT2D eigenvalue weighted by atomic mass is 9.85. The van der Waals surface area contributed by atoms with Gasteiger partial charge in [-0.2, -0.15) is 0 Å². The molecule has 1 fully saturated rings. The number of amides is 2. The predicted octanol–water partition coefficient (Wildman–Crippen LogP) is 6.40. The summed E-state index contributed by atoms with van der Waals surface area (Å²) in [4.78, 5) is 38.1. The van der Waals surface area contributed by atoms with Crippen molar-refractivity contribution in [1.29, 1.82) is 0 Å². The zero-order chi connectivity index (χ0) is 34.5. The molecule has 49 heavy (non-hydrogen) atoms. The van der Waals surface area contributed by atoms with E-state index in [1.54, 1.807) is 6.07 Å². The number of ether oxygens (including phenoxy) is 2. The van der Waals surface area contributed by atoms with Crippen molar-refractivity contribution in [1.82, 2.24) is 34.8 Å². The number of carbonyl (C=O) groups excluding carboxylic acids is 2. The lowest BCUT2D eigenvalue weighted by molar-refractivity contribution is 0.0371. The standard InChI is InChI=1S/C37H48N8O4/c1-6-24(2)35-43-42-33-16-13-25(23-45(33)35)49-30-15-14-28(26-10-7-8-11-27(26)30)38-36(47)41-32-22-31(37(3,4)5)39-34(40-32)29(46)12-9-17-44-18-20-48-21-19-44/h7-8,10-11,13,16,22-24,28,30H,6,9,12,14-15,17-21H2,1-5H3,(H2,38,39,40,41,47)/t24-,28-,30+/m0/s1. The first-order chi connectivity index (χ1) is 23.6. The Kier molecular flexibility index (Phi) is 10.5. The number of fused-ring (bicyclic) bond motifs is 2. The minimum absolute atomic E-state index is 0.130. The number of pyridine rings is 1. The van der Waals surface area contributed by atoms with Crippen molar-refractivity contribution in [3.8, 4) is 5.75 Å². The third-order valence-electron chi connectivity index (χ3n) is 9.44. The molecule has 4 heterocycles. The van der Waals surface area contributed by atoms with E-state index in [1.165, 1.54) is 0 Å². The van der Waals surface area contributed by atoms with Gasteiger partial charge in [-0.3, -0.25) is 19.4 Å². The number of nitrogens with one attached hydrogen (secondary N) is 2. The first-order valence-corrected chi connectivity index (χ1v) is 17.5. The van der Waals surface area contributed by atoms with Crippen LogP contribution >= 0.6 is 0 Å². The maximum Gasteiger partial charge on any atom is 0.320 e. The van der Waals surface area contributed by atoms with E-state index in [2.05, 4.69) is 55.6 Å². The number of Topliss-reactive ketones (excluding diaryl/α,β-unsaturated/α-hetero) is 1. The second kappa shape index (κ2) is 15.0. The summed E-state index contributed by atoms with van der Waals surface area (Å²) in [6, 6.07) is 13.1. The fraction of sp³-hybridized carbons (Fsp3) is 0.514. The van der Waals surface area contributed by atoms with Crippen LogP contribution in [0.3, 0.4) is 0 Å². The lowest BCUT2D eigenvalue weighted by Gasteiger charge is -2.32. The highest BCUT2D eigenvalue weighted by Gasteiger charge is 2.30. The van der Waals surface area contributed by atoms with E-state index in [0.717, 1.165) is 67.6 Å². The molecule has 0 spiro atoms. The molecule has 1 aromatic carbocycles. The zero-order valence-corrected chi connectivity index (χ0v) is 29.2. The number of ketones is 1. The molecule has 1 aliphatic carbocycles. The number of benzene rings is 1. The average molecular weight is 669 g/mol. The minimum Gasteiger partial charge on any atom is -0.484 e. The molecule has 0 radical (unpaired) electrons. The summed E-state index contributed by atoms with van der Waals surface area (Å²) in [5, 5.41) is 14.8. The predicted molar refractivity (Wildman–Crippen MR) is 187 cm³/mol. The summed E-state index contributed by atoms with van der Waals surface area (Å²) in [7, 11) is 0. The summed E-state index contributed by atoms with van der Waals surface area (Å²) >= 11 is 0. The van der Waals surface area contributed by atoms with Gasteiger partial charge in [0.1, 0.15) is 23.5 Å². The SMILES string of the molecule is CC[C@H](C)c1nnc2ccc(O[C@@H]3CC[C@H](NC(=O)Nc4cc(C(C)(C)C)nc(C(=O)CCCN5CCOCC5)n4)c4ccccc43)cn12. The highest BCUT2D eigenvalue weighted by molar-refractivity contribution is 5.94. The molecule has 4 aromatic rings. The van der Waals surface area contributed by atoms with Crippen molar-refractivity contribution in [3.63, 3.8) is 0 Å². The molecule has 0 saturated carbocycles. The normalized spacial score (nSPS) is 18.9. The number of hydrogen-bond acceptors (Lipinski definition) is 9. The first-order valence-electron chi connectivity index (χ1n) is 17.5. The number of morpholine rings is 1. The van der Waals surface area contributed by atoms with Gasteiger partial charge < -0.3 is 14.8 Å². The van der Waals surface area contributed by atoms with Gasteiger partial charge in [-0.1, -0.05) is 58.9 Å². The van der Waals surface area contributed by atoms with Crippen molar-refractivity contribution in [3.05, 3.63) is 77.1 Å². The van der Waals surface area contributed by atoms with Crippen LogP contribution < -0.4 is 15.4 Å². The molecular weight excluding hydrogens is 620 g/mol. The van der Waals surface area contributed by atoms with Gasteiger partial charge in [-0.15, -0.1) is 10.2 Å². The van der Waals surface area contributed by atoms with Crippen LogP contribution in [0, 0.1) is 0 Å². The molecule has 2 N–H and O–H groups in total. The average Bonchev–Trinajstić information content (AvgIpc) is 3.52. The van der Waals surface area contributed by atoms with Crippen LogP contribution in [0.25, 0.3) is 5.65 Å². The monoisotopic (exact) mass is 668 g/mol. The molecule has 3 aromatic heterocycles. The van der Waals surface area contributed by atoms with E-state index >= 15 is 0 Å². The van der Waals surface area contributed by atoms with Crippen molar-refractivity contribution in [2.75, 3.05) is 38.2 Å². The van der Waals surface area contributed by atoms with Crippen molar-refractivity contribution in [2.45, 2.75) is 90.2 Å². The van der Waals surface area contributed by atoms with Gasteiger partial charge in [0, 0.05) is 36.9 Å². The molecule has 2 aliphatic rings. The first kappa shape index (κ1) is 34.4. The largest absolute Gasteiger partial charge is 0.484 e. The number of nitrogens with zero attached hydrogens (tertiary/aromatic N) is 6. The second-order valence-corrected chi connectivity index (χ2v) is 14.1. The number of aromatic nitrogens is 5.